The summed E-state index contributed by atoms with van der Waals surface area (Å²) >= 11 is 9.19. The first-order valence-corrected chi connectivity index (χ1v) is 4.60. The molecule has 0 unspecified atom stereocenters. The van der Waals surface area contributed by atoms with E-state index in [2.05, 4.69) is 20.8 Å². The zero-order chi connectivity index (χ0) is 9.84. The third-order valence-corrected chi connectivity index (χ3v) is 2.25. The van der Waals surface area contributed by atoms with E-state index in [4.69, 9.17) is 23.9 Å². The molecule has 0 amide bonds. The Kier molecular flexibility index (Phi) is 3.35. The summed E-state index contributed by atoms with van der Waals surface area (Å²) in [6.07, 6.45) is 1.25. The Labute approximate surface area is 89.9 Å². The zero-order valence-electron chi connectivity index (χ0n) is 6.59. The molecule has 0 saturated carbocycles. The normalized spacial score (nSPS) is 11.0. The standard InChI is InChI=1S/C9H6BrClN2/c1-13-5-9(12)7-3-2-6(10)4-8(7)11/h2-5H,12H2. The lowest BCUT2D eigenvalue weighted by Gasteiger charge is -2.03. The molecule has 0 atom stereocenters. The van der Waals surface area contributed by atoms with Crippen LogP contribution in [0.25, 0.3) is 10.5 Å². The fraction of sp³-hybridized carbons (Fsp3) is 0. The van der Waals surface area contributed by atoms with Crippen molar-refractivity contribution in [2.75, 3.05) is 0 Å². The maximum absolute atomic E-state index is 6.61. The molecule has 1 aromatic rings. The van der Waals surface area contributed by atoms with Gasteiger partial charge in [-0.15, -0.1) is 0 Å². The number of rotatable bonds is 1. The lowest BCUT2D eigenvalue weighted by molar-refractivity contribution is 1.50. The second kappa shape index (κ2) is 4.31. The van der Waals surface area contributed by atoms with Crippen LogP contribution in [0, 0.1) is 6.57 Å². The van der Waals surface area contributed by atoms with Crippen molar-refractivity contribution >= 4 is 33.2 Å². The molecule has 13 heavy (non-hydrogen) atoms. The SMILES string of the molecule is [C-]#[N+]C=C(N)c1ccc(Br)cc1Cl. The van der Waals surface area contributed by atoms with E-state index >= 15 is 0 Å². The van der Waals surface area contributed by atoms with Gasteiger partial charge in [-0.2, -0.15) is 0 Å². The van der Waals surface area contributed by atoms with E-state index in [0.29, 0.717) is 16.3 Å². The van der Waals surface area contributed by atoms with Crippen molar-refractivity contribution in [3.63, 3.8) is 0 Å². The second-order valence-electron chi connectivity index (χ2n) is 2.34. The molecular formula is C9H6BrClN2. The maximum Gasteiger partial charge on any atom is 0.176 e. The maximum atomic E-state index is 6.61. The molecule has 2 N–H and O–H groups in total. The molecule has 1 rings (SSSR count). The highest BCUT2D eigenvalue weighted by atomic mass is 79.9. The highest BCUT2D eigenvalue weighted by molar-refractivity contribution is 9.10. The highest BCUT2D eigenvalue weighted by Crippen LogP contribution is 2.24. The van der Waals surface area contributed by atoms with E-state index in [1.165, 1.54) is 6.20 Å². The van der Waals surface area contributed by atoms with Gasteiger partial charge in [0, 0.05) is 20.8 Å². The van der Waals surface area contributed by atoms with E-state index < -0.39 is 0 Å². The van der Waals surface area contributed by atoms with Crippen molar-refractivity contribution in [2.45, 2.75) is 0 Å². The number of benzene rings is 1. The van der Waals surface area contributed by atoms with Crippen LogP contribution in [0.5, 0.6) is 0 Å². The van der Waals surface area contributed by atoms with Gasteiger partial charge in [0.25, 0.3) is 0 Å². The predicted molar refractivity (Wildman–Crippen MR) is 57.9 cm³/mol. The van der Waals surface area contributed by atoms with Crippen LogP contribution in [0.3, 0.4) is 0 Å². The molecule has 0 aliphatic carbocycles. The molecule has 0 aliphatic rings. The molecule has 0 bridgehead atoms. The molecule has 0 saturated heterocycles. The van der Waals surface area contributed by atoms with Crippen LogP contribution in [0.1, 0.15) is 5.56 Å². The average molecular weight is 258 g/mol. The van der Waals surface area contributed by atoms with Gasteiger partial charge in [0.2, 0.25) is 0 Å². The molecule has 0 aromatic heterocycles. The third kappa shape index (κ3) is 2.48. The first kappa shape index (κ1) is 10.1. The van der Waals surface area contributed by atoms with Gasteiger partial charge < -0.3 is 5.73 Å². The molecule has 2 nitrogen and oxygen atoms in total. The summed E-state index contributed by atoms with van der Waals surface area (Å²) in [5, 5.41) is 0.534. The van der Waals surface area contributed by atoms with Gasteiger partial charge in [0.15, 0.2) is 6.20 Å². The fourth-order valence-corrected chi connectivity index (χ4v) is 1.65. The van der Waals surface area contributed by atoms with Crippen molar-refractivity contribution in [1.29, 1.82) is 0 Å². The molecule has 4 heteroatoms. The Morgan fingerprint density at radius 2 is 2.31 bits per heavy atom. The molecule has 66 valence electrons. The van der Waals surface area contributed by atoms with E-state index in [1.54, 1.807) is 12.1 Å². The van der Waals surface area contributed by atoms with Crippen LogP contribution >= 0.6 is 27.5 Å². The summed E-state index contributed by atoms with van der Waals surface area (Å²) in [5.41, 5.74) is 6.67. The van der Waals surface area contributed by atoms with Crippen molar-refractivity contribution < 1.29 is 0 Å². The van der Waals surface area contributed by atoms with E-state index in [1.807, 2.05) is 6.07 Å². The first-order valence-electron chi connectivity index (χ1n) is 3.43. The monoisotopic (exact) mass is 256 g/mol. The van der Waals surface area contributed by atoms with Crippen LogP contribution in [0.15, 0.2) is 28.9 Å². The lowest BCUT2D eigenvalue weighted by atomic mass is 10.2. The highest BCUT2D eigenvalue weighted by Gasteiger charge is 2.02. The van der Waals surface area contributed by atoms with Crippen LogP contribution in [-0.4, -0.2) is 0 Å². The number of halogens is 2. The molecule has 0 heterocycles. The Balaban J connectivity index is 3.18. The van der Waals surface area contributed by atoms with Crippen molar-refractivity contribution in [3.8, 4) is 0 Å². The average Bonchev–Trinajstić information content (AvgIpc) is 2.04. The minimum Gasteiger partial charge on any atom is -0.407 e. The number of nitrogens with zero attached hydrogens (tertiary/aromatic N) is 1. The number of nitrogens with two attached hydrogens (primary N) is 1. The minimum atomic E-state index is 0.382. The van der Waals surface area contributed by atoms with E-state index in [9.17, 15) is 0 Å². The molecule has 0 aliphatic heterocycles. The first-order chi connectivity index (χ1) is 6.15. The van der Waals surface area contributed by atoms with Gasteiger partial charge in [-0.05, 0) is 12.1 Å². The van der Waals surface area contributed by atoms with Crippen LogP contribution in [0.4, 0.5) is 0 Å². The summed E-state index contributed by atoms with van der Waals surface area (Å²) in [6, 6.07) is 5.33. The molecule has 0 radical (unpaired) electrons. The summed E-state index contributed by atoms with van der Waals surface area (Å²) in [7, 11) is 0. The second-order valence-corrected chi connectivity index (χ2v) is 3.66. The zero-order valence-corrected chi connectivity index (χ0v) is 8.93. The Morgan fingerprint density at radius 3 is 2.85 bits per heavy atom. The van der Waals surface area contributed by atoms with Crippen LogP contribution < -0.4 is 5.73 Å². The van der Waals surface area contributed by atoms with Gasteiger partial charge in [-0.3, -0.25) is 0 Å². The van der Waals surface area contributed by atoms with Crippen molar-refractivity contribution in [3.05, 3.63) is 50.9 Å². The Morgan fingerprint density at radius 1 is 1.62 bits per heavy atom. The molecule has 1 aromatic carbocycles. The largest absolute Gasteiger partial charge is 0.407 e. The summed E-state index contributed by atoms with van der Waals surface area (Å²) in [6.45, 7) is 6.61. The topological polar surface area (TPSA) is 30.4 Å². The smallest absolute Gasteiger partial charge is 0.176 e. The molecule has 0 fully saturated rings. The quantitative estimate of drug-likeness (QED) is 0.769. The van der Waals surface area contributed by atoms with Gasteiger partial charge in [0.1, 0.15) is 0 Å². The van der Waals surface area contributed by atoms with Crippen LogP contribution in [0.2, 0.25) is 5.02 Å². The number of hydrogen-bond donors (Lipinski definition) is 1. The molecular weight excluding hydrogens is 251 g/mol. The summed E-state index contributed by atoms with van der Waals surface area (Å²) in [4.78, 5) is 3.07. The summed E-state index contributed by atoms with van der Waals surface area (Å²) in [5.74, 6) is 0. The van der Waals surface area contributed by atoms with Crippen LogP contribution in [-0.2, 0) is 0 Å². The third-order valence-electron chi connectivity index (χ3n) is 1.45. The lowest BCUT2D eigenvalue weighted by Crippen LogP contribution is -1.95. The van der Waals surface area contributed by atoms with E-state index in [0.717, 1.165) is 4.47 Å². The van der Waals surface area contributed by atoms with Gasteiger partial charge in [-0.25, -0.2) is 4.85 Å². The Bertz CT molecular complexity index is 393. The minimum absolute atomic E-state index is 0.382. The number of hydrogen-bond acceptors (Lipinski definition) is 1. The Hall–Kier alpha value is -0.980. The van der Waals surface area contributed by atoms with Gasteiger partial charge in [-0.1, -0.05) is 33.6 Å². The van der Waals surface area contributed by atoms with Crippen molar-refractivity contribution in [2.24, 2.45) is 5.73 Å². The molecule has 0 spiro atoms. The fourth-order valence-electron chi connectivity index (χ4n) is 0.863. The van der Waals surface area contributed by atoms with Gasteiger partial charge >= 0.3 is 0 Å². The van der Waals surface area contributed by atoms with Crippen molar-refractivity contribution in [1.82, 2.24) is 0 Å². The van der Waals surface area contributed by atoms with E-state index in [-0.39, 0.29) is 0 Å². The van der Waals surface area contributed by atoms with Gasteiger partial charge in [0.05, 0.1) is 6.57 Å². The predicted octanol–water partition coefficient (Wildman–Crippen LogP) is 3.28. The summed E-state index contributed by atoms with van der Waals surface area (Å²) < 4.78 is 0.886.